The van der Waals surface area contributed by atoms with Crippen LogP contribution in [0, 0.1) is 0 Å². The fraction of sp³-hybridized carbons (Fsp3) is 0.444. The van der Waals surface area contributed by atoms with Gasteiger partial charge in [-0.25, -0.2) is 4.79 Å². The summed E-state index contributed by atoms with van der Waals surface area (Å²) >= 11 is 4.68. The number of aromatic carboxylic acids is 1. The molecule has 0 aliphatic carbocycles. The van der Waals surface area contributed by atoms with Gasteiger partial charge in [0.25, 0.3) is 0 Å². The van der Waals surface area contributed by atoms with Crippen LogP contribution in [-0.2, 0) is 0 Å². The SMILES string of the molecule is CCN(CC)c1sc(C(=O)O)cc1Br. The normalized spacial score (nSPS) is 10.2. The standard InChI is InChI=1S/C9H12BrNO2S/c1-3-11(4-2)8-6(10)5-7(14-8)9(12)13/h5H,3-4H2,1-2H3,(H,12,13). The lowest BCUT2D eigenvalue weighted by Gasteiger charge is -2.18. The minimum atomic E-state index is -0.867. The highest BCUT2D eigenvalue weighted by Crippen LogP contribution is 2.35. The molecular weight excluding hydrogens is 266 g/mol. The van der Waals surface area contributed by atoms with E-state index >= 15 is 0 Å². The van der Waals surface area contributed by atoms with Crippen LogP contribution in [0.2, 0.25) is 0 Å². The lowest BCUT2D eigenvalue weighted by Crippen LogP contribution is -2.20. The van der Waals surface area contributed by atoms with Gasteiger partial charge in [0.1, 0.15) is 9.88 Å². The van der Waals surface area contributed by atoms with Crippen molar-refractivity contribution in [2.45, 2.75) is 13.8 Å². The molecule has 0 aliphatic heterocycles. The van der Waals surface area contributed by atoms with Crippen molar-refractivity contribution in [1.29, 1.82) is 0 Å². The second-order valence-electron chi connectivity index (χ2n) is 2.74. The summed E-state index contributed by atoms with van der Waals surface area (Å²) in [4.78, 5) is 13.2. The first-order valence-electron chi connectivity index (χ1n) is 4.37. The molecule has 1 N–H and O–H groups in total. The van der Waals surface area contributed by atoms with Crippen molar-refractivity contribution in [3.05, 3.63) is 15.4 Å². The van der Waals surface area contributed by atoms with Crippen LogP contribution < -0.4 is 4.90 Å². The van der Waals surface area contributed by atoms with Crippen LogP contribution in [0.4, 0.5) is 5.00 Å². The van der Waals surface area contributed by atoms with E-state index in [1.165, 1.54) is 11.3 Å². The summed E-state index contributed by atoms with van der Waals surface area (Å²) in [5, 5.41) is 9.81. The zero-order valence-corrected chi connectivity index (χ0v) is 10.5. The minimum absolute atomic E-state index is 0.374. The second kappa shape index (κ2) is 4.79. The predicted molar refractivity (Wildman–Crippen MR) is 62.5 cm³/mol. The molecule has 0 atom stereocenters. The fourth-order valence-corrected chi connectivity index (χ4v) is 3.08. The van der Waals surface area contributed by atoms with Gasteiger partial charge in [-0.2, -0.15) is 0 Å². The Bertz CT molecular complexity index is 334. The summed E-state index contributed by atoms with van der Waals surface area (Å²) < 4.78 is 0.864. The first kappa shape index (κ1) is 11.5. The van der Waals surface area contributed by atoms with E-state index in [1.54, 1.807) is 6.07 Å². The highest BCUT2D eigenvalue weighted by Gasteiger charge is 2.15. The number of anilines is 1. The van der Waals surface area contributed by atoms with Crippen LogP contribution in [0.1, 0.15) is 23.5 Å². The van der Waals surface area contributed by atoms with Gasteiger partial charge in [0.15, 0.2) is 0 Å². The highest BCUT2D eigenvalue weighted by molar-refractivity contribution is 9.10. The molecule has 0 fully saturated rings. The summed E-state index contributed by atoms with van der Waals surface area (Å²) in [6.45, 7) is 5.87. The van der Waals surface area contributed by atoms with Gasteiger partial charge in [-0.15, -0.1) is 11.3 Å². The van der Waals surface area contributed by atoms with Gasteiger partial charge >= 0.3 is 5.97 Å². The Morgan fingerprint density at radius 2 is 2.14 bits per heavy atom. The minimum Gasteiger partial charge on any atom is -0.477 e. The Hall–Kier alpha value is -0.550. The van der Waals surface area contributed by atoms with Gasteiger partial charge in [-0.1, -0.05) is 0 Å². The number of hydrogen-bond acceptors (Lipinski definition) is 3. The molecule has 0 spiro atoms. The molecule has 5 heteroatoms. The molecule has 0 saturated heterocycles. The van der Waals surface area contributed by atoms with Crippen molar-refractivity contribution in [2.75, 3.05) is 18.0 Å². The third-order valence-corrected chi connectivity index (χ3v) is 3.98. The number of nitrogens with zero attached hydrogens (tertiary/aromatic N) is 1. The van der Waals surface area contributed by atoms with E-state index in [2.05, 4.69) is 34.7 Å². The quantitative estimate of drug-likeness (QED) is 0.920. The lowest BCUT2D eigenvalue weighted by molar-refractivity contribution is 0.0702. The van der Waals surface area contributed by atoms with Gasteiger partial charge in [-0.3, -0.25) is 0 Å². The lowest BCUT2D eigenvalue weighted by atomic mass is 10.4. The molecule has 0 saturated carbocycles. The zero-order chi connectivity index (χ0) is 10.7. The molecule has 0 radical (unpaired) electrons. The topological polar surface area (TPSA) is 40.5 Å². The largest absolute Gasteiger partial charge is 0.477 e. The second-order valence-corrected chi connectivity index (χ2v) is 4.63. The molecule has 1 aromatic heterocycles. The number of thiophene rings is 1. The summed E-state index contributed by atoms with van der Waals surface area (Å²) in [6.07, 6.45) is 0. The maximum absolute atomic E-state index is 10.7. The van der Waals surface area contributed by atoms with Gasteiger partial charge in [0, 0.05) is 13.1 Å². The first-order chi connectivity index (χ1) is 6.60. The van der Waals surface area contributed by atoms with Crippen LogP contribution >= 0.6 is 27.3 Å². The molecule has 3 nitrogen and oxygen atoms in total. The van der Waals surface area contributed by atoms with Gasteiger partial charge in [-0.05, 0) is 35.8 Å². The van der Waals surface area contributed by atoms with Crippen LogP contribution in [0.5, 0.6) is 0 Å². The van der Waals surface area contributed by atoms with Crippen molar-refractivity contribution in [3.63, 3.8) is 0 Å². The van der Waals surface area contributed by atoms with Crippen molar-refractivity contribution < 1.29 is 9.90 Å². The van der Waals surface area contributed by atoms with Crippen molar-refractivity contribution in [2.24, 2.45) is 0 Å². The van der Waals surface area contributed by atoms with Gasteiger partial charge < -0.3 is 10.0 Å². The summed E-state index contributed by atoms with van der Waals surface area (Å²) in [5.41, 5.74) is 0. The number of hydrogen-bond donors (Lipinski definition) is 1. The van der Waals surface area contributed by atoms with Crippen LogP contribution in [0.25, 0.3) is 0 Å². The first-order valence-corrected chi connectivity index (χ1v) is 5.98. The Morgan fingerprint density at radius 3 is 2.50 bits per heavy atom. The average Bonchev–Trinajstić information content (AvgIpc) is 2.51. The van der Waals surface area contributed by atoms with E-state index in [9.17, 15) is 4.79 Å². The fourth-order valence-electron chi connectivity index (χ4n) is 1.19. The van der Waals surface area contributed by atoms with Crippen LogP contribution in [0.3, 0.4) is 0 Å². The highest BCUT2D eigenvalue weighted by atomic mass is 79.9. The number of carbonyl (C=O) groups is 1. The zero-order valence-electron chi connectivity index (χ0n) is 8.08. The van der Waals surface area contributed by atoms with E-state index in [1.807, 2.05) is 0 Å². The van der Waals surface area contributed by atoms with E-state index in [0.717, 1.165) is 22.6 Å². The Labute approximate surface area is 95.5 Å². The van der Waals surface area contributed by atoms with E-state index in [-0.39, 0.29) is 0 Å². The number of carboxylic acids is 1. The number of rotatable bonds is 4. The predicted octanol–water partition coefficient (Wildman–Crippen LogP) is 3.06. The summed E-state index contributed by atoms with van der Waals surface area (Å²) in [5.74, 6) is -0.867. The smallest absolute Gasteiger partial charge is 0.345 e. The van der Waals surface area contributed by atoms with E-state index in [0.29, 0.717) is 4.88 Å². The van der Waals surface area contributed by atoms with Crippen LogP contribution in [0.15, 0.2) is 10.5 Å². The number of carboxylic acid groups (broad SMARTS) is 1. The Kier molecular flexibility index (Phi) is 3.95. The molecule has 0 amide bonds. The maximum atomic E-state index is 10.7. The van der Waals surface area contributed by atoms with Crippen LogP contribution in [-0.4, -0.2) is 24.2 Å². The molecule has 1 aromatic rings. The third kappa shape index (κ3) is 2.27. The molecule has 0 aromatic carbocycles. The molecule has 1 heterocycles. The molecule has 1 rings (SSSR count). The van der Waals surface area contributed by atoms with Crippen molar-refractivity contribution in [3.8, 4) is 0 Å². The maximum Gasteiger partial charge on any atom is 0.345 e. The van der Waals surface area contributed by atoms with E-state index in [4.69, 9.17) is 5.11 Å². The van der Waals surface area contributed by atoms with Crippen molar-refractivity contribution in [1.82, 2.24) is 0 Å². The summed E-state index contributed by atoms with van der Waals surface area (Å²) in [7, 11) is 0. The molecule has 0 unspecified atom stereocenters. The Morgan fingerprint density at radius 1 is 1.57 bits per heavy atom. The number of halogens is 1. The monoisotopic (exact) mass is 277 g/mol. The summed E-state index contributed by atoms with van der Waals surface area (Å²) in [6, 6.07) is 1.65. The van der Waals surface area contributed by atoms with Crippen molar-refractivity contribution >= 4 is 38.2 Å². The molecule has 78 valence electrons. The Balaban J connectivity index is 3.02. The average molecular weight is 278 g/mol. The molecule has 14 heavy (non-hydrogen) atoms. The molecule has 0 aliphatic rings. The van der Waals surface area contributed by atoms with Gasteiger partial charge in [0.05, 0.1) is 4.47 Å². The van der Waals surface area contributed by atoms with Gasteiger partial charge in [0.2, 0.25) is 0 Å². The molecular formula is C9H12BrNO2S. The molecule has 0 bridgehead atoms. The van der Waals surface area contributed by atoms with E-state index < -0.39 is 5.97 Å². The third-order valence-electron chi connectivity index (χ3n) is 1.93.